The van der Waals surface area contributed by atoms with Crippen molar-refractivity contribution in [3.8, 4) is 0 Å². The zero-order valence-electron chi connectivity index (χ0n) is 15.8. The number of nitrogens with zero attached hydrogens (tertiary/aromatic N) is 1. The van der Waals surface area contributed by atoms with Gasteiger partial charge in [0.05, 0.1) is 0 Å². The summed E-state index contributed by atoms with van der Waals surface area (Å²) in [7, 11) is 0. The van der Waals surface area contributed by atoms with E-state index in [2.05, 4.69) is 44.1 Å². The van der Waals surface area contributed by atoms with Crippen LogP contribution in [0.4, 0.5) is 0 Å². The van der Waals surface area contributed by atoms with Crippen LogP contribution in [-0.2, 0) is 9.47 Å². The first-order chi connectivity index (χ1) is 11.8. The fourth-order valence-corrected chi connectivity index (χ4v) is 22.4. The third-order valence-electron chi connectivity index (χ3n) is 5.44. The predicted molar refractivity (Wildman–Crippen MR) is 103 cm³/mol. The van der Waals surface area contributed by atoms with Crippen molar-refractivity contribution in [3.63, 3.8) is 0 Å². The Morgan fingerprint density at radius 3 is 2.25 bits per heavy atom. The molecule has 136 valence electrons. The maximum atomic E-state index is 6.21. The number of unbranched alkanes of at least 4 members (excludes halogenated alkanes) is 2. The van der Waals surface area contributed by atoms with Gasteiger partial charge in [0, 0.05) is 0 Å². The van der Waals surface area contributed by atoms with Crippen molar-refractivity contribution < 1.29 is 9.47 Å². The number of pyridine rings is 1. The minimum absolute atomic E-state index is 0.147. The Kier molecular flexibility index (Phi) is 9.06. The van der Waals surface area contributed by atoms with Crippen molar-refractivity contribution in [1.82, 2.24) is 4.98 Å². The molecule has 1 aromatic heterocycles. The predicted octanol–water partition coefficient (Wildman–Crippen LogP) is 5.47. The van der Waals surface area contributed by atoms with Crippen LogP contribution in [0.2, 0.25) is 8.87 Å². The molecule has 1 atom stereocenters. The quantitative estimate of drug-likeness (QED) is 0.428. The summed E-state index contributed by atoms with van der Waals surface area (Å²) in [5.74, 6) is 0. The third kappa shape index (κ3) is 4.95. The standard InChI is InChI=1S/C9H12N.2C4H9.C3H5O2.Sn/c1-2-3-5-9-6-4-7-10-8-9;2*1-3-4-2;1-2-5-3-4-1;/h4-8H,2-3H2,1H3;2*1,3-4H2,2H3;3H,1-2H2;. The molecule has 1 aliphatic heterocycles. The second-order valence-electron chi connectivity index (χ2n) is 7.14. The van der Waals surface area contributed by atoms with Gasteiger partial charge < -0.3 is 0 Å². The molecule has 0 bridgehead atoms. The van der Waals surface area contributed by atoms with Gasteiger partial charge in [0.1, 0.15) is 0 Å². The molecule has 0 N–H and O–H groups in total. The fraction of sp³-hybridized carbons (Fsp3) is 0.750. The zero-order valence-corrected chi connectivity index (χ0v) is 18.7. The Balaban J connectivity index is 2.40. The number of aromatic nitrogens is 1. The van der Waals surface area contributed by atoms with Crippen molar-refractivity contribution in [2.45, 2.75) is 76.4 Å². The summed E-state index contributed by atoms with van der Waals surface area (Å²) in [5.41, 5.74) is 1.45. The van der Waals surface area contributed by atoms with Crippen LogP contribution in [-0.4, -0.2) is 40.9 Å². The molecular weight excluding hydrogens is 405 g/mol. The first-order valence-electron chi connectivity index (χ1n) is 9.91. The third-order valence-corrected chi connectivity index (χ3v) is 22.1. The monoisotopic (exact) mass is 441 g/mol. The molecule has 1 aromatic rings. The van der Waals surface area contributed by atoms with E-state index in [1.54, 1.807) is 0 Å². The molecule has 2 rings (SSSR count). The van der Waals surface area contributed by atoms with Crippen LogP contribution in [0, 0.1) is 0 Å². The maximum absolute atomic E-state index is 6.21. The molecule has 0 aromatic carbocycles. The van der Waals surface area contributed by atoms with E-state index in [0.717, 1.165) is 13.2 Å². The van der Waals surface area contributed by atoms with Gasteiger partial charge in [0.2, 0.25) is 0 Å². The molecule has 0 spiro atoms. The Bertz CT molecular complexity index is 440. The molecule has 1 fully saturated rings. The van der Waals surface area contributed by atoms with E-state index in [1.165, 1.54) is 53.0 Å². The summed E-state index contributed by atoms with van der Waals surface area (Å²) in [6.45, 7) is 8.51. The Morgan fingerprint density at radius 2 is 1.75 bits per heavy atom. The van der Waals surface area contributed by atoms with Crippen LogP contribution < -0.4 is 0 Å². The molecular formula is C20H35NO2Sn. The first kappa shape index (κ1) is 20.2. The van der Waals surface area contributed by atoms with E-state index in [1.807, 2.05) is 6.20 Å². The number of hydrogen-bond donors (Lipinski definition) is 0. The second kappa shape index (κ2) is 10.8. The summed E-state index contributed by atoms with van der Waals surface area (Å²) in [5, 5.41) is 0. The van der Waals surface area contributed by atoms with Crippen LogP contribution in [0.25, 0.3) is 0 Å². The van der Waals surface area contributed by atoms with E-state index in [-0.39, 0.29) is 4.31 Å². The van der Waals surface area contributed by atoms with Crippen molar-refractivity contribution in [2.24, 2.45) is 0 Å². The molecule has 2 heterocycles. The van der Waals surface area contributed by atoms with Crippen molar-refractivity contribution >= 4 is 18.4 Å². The van der Waals surface area contributed by atoms with Gasteiger partial charge >= 0.3 is 153 Å². The summed E-state index contributed by atoms with van der Waals surface area (Å²) >= 11 is -2.73. The molecule has 24 heavy (non-hydrogen) atoms. The van der Waals surface area contributed by atoms with Crippen LogP contribution in [0.5, 0.6) is 0 Å². The molecule has 0 saturated carbocycles. The molecule has 0 amide bonds. The SMILES string of the molecule is CCC[CH2][Sn]([CH2]CCC)([CH]1OCCO1)[CH](CCC)c1cccnc1. The molecule has 0 aliphatic carbocycles. The summed E-state index contributed by atoms with van der Waals surface area (Å²) in [4.78, 5) is 4.44. The topological polar surface area (TPSA) is 31.4 Å². The van der Waals surface area contributed by atoms with Gasteiger partial charge in [0.25, 0.3) is 0 Å². The normalized spacial score (nSPS) is 17.3. The Labute approximate surface area is 152 Å². The first-order valence-corrected chi connectivity index (χ1v) is 17.2. The van der Waals surface area contributed by atoms with Crippen LogP contribution in [0.1, 0.15) is 68.8 Å². The van der Waals surface area contributed by atoms with E-state index in [0.29, 0.717) is 3.93 Å². The molecule has 4 heteroatoms. The fourth-order valence-electron chi connectivity index (χ4n) is 4.23. The average molecular weight is 440 g/mol. The van der Waals surface area contributed by atoms with Gasteiger partial charge in [-0.3, -0.25) is 0 Å². The van der Waals surface area contributed by atoms with E-state index in [4.69, 9.17) is 9.47 Å². The number of hydrogen-bond acceptors (Lipinski definition) is 3. The zero-order chi connectivity index (χ0) is 17.3. The van der Waals surface area contributed by atoms with Gasteiger partial charge in [-0.15, -0.1) is 0 Å². The summed E-state index contributed by atoms with van der Waals surface area (Å²) in [6, 6.07) is 4.40. The van der Waals surface area contributed by atoms with Gasteiger partial charge in [-0.2, -0.15) is 0 Å². The van der Waals surface area contributed by atoms with E-state index in [9.17, 15) is 0 Å². The van der Waals surface area contributed by atoms with Crippen molar-refractivity contribution in [1.29, 1.82) is 0 Å². The van der Waals surface area contributed by atoms with Crippen LogP contribution in [0.15, 0.2) is 24.5 Å². The number of ether oxygens (including phenoxy) is 2. The molecule has 1 saturated heterocycles. The van der Waals surface area contributed by atoms with Gasteiger partial charge in [0.15, 0.2) is 0 Å². The molecule has 1 unspecified atom stereocenters. The van der Waals surface area contributed by atoms with Crippen molar-refractivity contribution in [2.75, 3.05) is 13.2 Å². The van der Waals surface area contributed by atoms with Gasteiger partial charge in [-0.05, 0) is 0 Å². The second-order valence-corrected chi connectivity index (χ2v) is 20.4. The Hall–Kier alpha value is -0.131. The minimum atomic E-state index is -2.73. The van der Waals surface area contributed by atoms with Crippen molar-refractivity contribution in [3.05, 3.63) is 30.1 Å². The van der Waals surface area contributed by atoms with E-state index >= 15 is 0 Å². The van der Waals surface area contributed by atoms with Gasteiger partial charge in [-0.25, -0.2) is 0 Å². The molecule has 0 radical (unpaired) electrons. The summed E-state index contributed by atoms with van der Waals surface area (Å²) < 4.78 is 16.0. The average Bonchev–Trinajstić information content (AvgIpc) is 3.16. The van der Waals surface area contributed by atoms with Gasteiger partial charge in [-0.1, -0.05) is 0 Å². The van der Waals surface area contributed by atoms with Crippen LogP contribution in [0.3, 0.4) is 0 Å². The van der Waals surface area contributed by atoms with Crippen LogP contribution >= 0.6 is 0 Å². The molecule has 1 aliphatic rings. The molecule has 3 nitrogen and oxygen atoms in total. The Morgan fingerprint density at radius 1 is 1.08 bits per heavy atom. The summed E-state index contributed by atoms with van der Waals surface area (Å²) in [6.07, 6.45) is 11.7. The number of rotatable bonds is 11. The van der Waals surface area contributed by atoms with E-state index < -0.39 is 18.4 Å².